The molecule has 0 spiro atoms. The van der Waals surface area contributed by atoms with Crippen molar-refractivity contribution in [3.63, 3.8) is 0 Å². The molecule has 5 nitrogen and oxygen atoms in total. The standard InChI is InChI=1S/C13H15NO4/c1-18-13(17)9-2-4-11(5-3-9)14-6-10(7-15)12(14)8-16/h2-5,8,10,12,15H,6-7H2,1H3. The van der Waals surface area contributed by atoms with Gasteiger partial charge in [0, 0.05) is 24.8 Å². The quantitative estimate of drug-likeness (QED) is 0.620. The summed E-state index contributed by atoms with van der Waals surface area (Å²) in [5, 5.41) is 9.05. The van der Waals surface area contributed by atoms with Crippen LogP contribution in [0.2, 0.25) is 0 Å². The third-order valence-corrected chi connectivity index (χ3v) is 3.27. The van der Waals surface area contributed by atoms with Gasteiger partial charge in [-0.05, 0) is 24.3 Å². The first-order chi connectivity index (χ1) is 8.71. The van der Waals surface area contributed by atoms with E-state index in [0.29, 0.717) is 12.1 Å². The molecule has 1 saturated heterocycles. The normalized spacial score (nSPS) is 22.2. The van der Waals surface area contributed by atoms with Gasteiger partial charge in [-0.3, -0.25) is 0 Å². The maximum absolute atomic E-state index is 11.3. The first kappa shape index (κ1) is 12.6. The van der Waals surface area contributed by atoms with E-state index in [9.17, 15) is 9.59 Å². The van der Waals surface area contributed by atoms with Crippen LogP contribution in [0, 0.1) is 5.92 Å². The van der Waals surface area contributed by atoms with Crippen LogP contribution in [0.1, 0.15) is 10.4 Å². The zero-order valence-electron chi connectivity index (χ0n) is 10.1. The molecule has 2 unspecified atom stereocenters. The van der Waals surface area contributed by atoms with Gasteiger partial charge in [0.05, 0.1) is 18.7 Å². The molecule has 0 radical (unpaired) electrons. The van der Waals surface area contributed by atoms with Crippen LogP contribution < -0.4 is 4.90 Å². The molecule has 1 aromatic carbocycles. The lowest BCUT2D eigenvalue weighted by atomic mass is 9.89. The SMILES string of the molecule is COC(=O)c1ccc(N2CC(CO)C2C=O)cc1. The second-order valence-corrected chi connectivity index (χ2v) is 4.26. The maximum Gasteiger partial charge on any atom is 0.337 e. The lowest BCUT2D eigenvalue weighted by Crippen LogP contribution is -2.58. The van der Waals surface area contributed by atoms with Crippen molar-refractivity contribution in [3.05, 3.63) is 29.8 Å². The molecular formula is C13H15NO4. The number of ether oxygens (including phenoxy) is 1. The highest BCUT2D eigenvalue weighted by Gasteiger charge is 2.38. The summed E-state index contributed by atoms with van der Waals surface area (Å²) in [6.07, 6.45) is 0.846. The molecule has 1 N–H and O–H groups in total. The van der Waals surface area contributed by atoms with Crippen LogP contribution in [0.5, 0.6) is 0 Å². The fraction of sp³-hybridized carbons (Fsp3) is 0.385. The Morgan fingerprint density at radius 2 is 2.17 bits per heavy atom. The number of anilines is 1. The van der Waals surface area contributed by atoms with Gasteiger partial charge < -0.3 is 19.5 Å². The molecule has 1 aliphatic rings. The van der Waals surface area contributed by atoms with Gasteiger partial charge in [-0.15, -0.1) is 0 Å². The van der Waals surface area contributed by atoms with Gasteiger partial charge >= 0.3 is 5.97 Å². The zero-order chi connectivity index (χ0) is 13.1. The number of carbonyl (C=O) groups is 2. The molecular weight excluding hydrogens is 234 g/mol. The summed E-state index contributed by atoms with van der Waals surface area (Å²) < 4.78 is 4.61. The first-order valence-corrected chi connectivity index (χ1v) is 5.72. The first-order valence-electron chi connectivity index (χ1n) is 5.72. The van der Waals surface area contributed by atoms with E-state index in [4.69, 9.17) is 5.11 Å². The average molecular weight is 249 g/mol. The summed E-state index contributed by atoms with van der Waals surface area (Å²) in [6.45, 7) is 0.664. The second-order valence-electron chi connectivity index (χ2n) is 4.26. The molecule has 5 heteroatoms. The summed E-state index contributed by atoms with van der Waals surface area (Å²) in [5.41, 5.74) is 1.34. The lowest BCUT2D eigenvalue weighted by molar-refractivity contribution is -0.111. The lowest BCUT2D eigenvalue weighted by Gasteiger charge is -2.46. The number of nitrogens with zero attached hydrogens (tertiary/aromatic N) is 1. The summed E-state index contributed by atoms with van der Waals surface area (Å²) >= 11 is 0. The number of hydrogen-bond acceptors (Lipinski definition) is 5. The van der Waals surface area contributed by atoms with E-state index in [1.165, 1.54) is 7.11 Å². The van der Waals surface area contributed by atoms with Gasteiger partial charge in [0.1, 0.15) is 6.29 Å². The number of hydrogen-bond donors (Lipinski definition) is 1. The van der Waals surface area contributed by atoms with Gasteiger partial charge in [0.25, 0.3) is 0 Å². The highest BCUT2D eigenvalue weighted by atomic mass is 16.5. The zero-order valence-corrected chi connectivity index (χ0v) is 10.1. The summed E-state index contributed by atoms with van der Waals surface area (Å²) in [5.74, 6) is -0.381. The molecule has 0 saturated carbocycles. The number of carbonyl (C=O) groups excluding carboxylic acids is 2. The minimum atomic E-state index is -0.384. The highest BCUT2D eigenvalue weighted by Crippen LogP contribution is 2.30. The van der Waals surface area contributed by atoms with Crippen molar-refractivity contribution in [1.82, 2.24) is 0 Å². The van der Waals surface area contributed by atoms with E-state index < -0.39 is 0 Å². The average Bonchev–Trinajstić information content (AvgIpc) is 2.38. The van der Waals surface area contributed by atoms with Gasteiger partial charge in [-0.25, -0.2) is 4.79 Å². The van der Waals surface area contributed by atoms with Gasteiger partial charge in [-0.1, -0.05) is 0 Å². The third-order valence-electron chi connectivity index (χ3n) is 3.27. The van der Waals surface area contributed by atoms with Crippen LogP contribution >= 0.6 is 0 Å². The van der Waals surface area contributed by atoms with Crippen LogP contribution in [0.4, 0.5) is 5.69 Å². The molecule has 1 aromatic rings. The largest absolute Gasteiger partial charge is 0.465 e. The van der Waals surface area contributed by atoms with E-state index in [2.05, 4.69) is 4.74 Å². The molecule has 0 bridgehead atoms. The van der Waals surface area contributed by atoms with Gasteiger partial charge in [0.2, 0.25) is 0 Å². The fourth-order valence-corrected chi connectivity index (χ4v) is 2.13. The van der Waals surface area contributed by atoms with Crippen molar-refractivity contribution in [1.29, 1.82) is 0 Å². The number of rotatable bonds is 4. The summed E-state index contributed by atoms with van der Waals surface area (Å²) in [7, 11) is 1.33. The Kier molecular flexibility index (Phi) is 3.62. The van der Waals surface area contributed by atoms with Gasteiger partial charge in [-0.2, -0.15) is 0 Å². The number of aldehydes is 1. The van der Waals surface area contributed by atoms with E-state index in [1.54, 1.807) is 24.3 Å². The van der Waals surface area contributed by atoms with E-state index in [0.717, 1.165) is 12.0 Å². The topological polar surface area (TPSA) is 66.8 Å². The minimum absolute atomic E-state index is 0.00258. The number of methoxy groups -OCH3 is 1. The number of esters is 1. The molecule has 1 fully saturated rings. The van der Waals surface area contributed by atoms with E-state index in [-0.39, 0.29) is 24.5 Å². The Bertz CT molecular complexity index is 443. The Morgan fingerprint density at radius 1 is 1.50 bits per heavy atom. The maximum atomic E-state index is 11.3. The summed E-state index contributed by atoms with van der Waals surface area (Å²) in [4.78, 5) is 24.1. The van der Waals surface area contributed by atoms with E-state index >= 15 is 0 Å². The highest BCUT2D eigenvalue weighted by molar-refractivity contribution is 5.89. The Labute approximate surface area is 105 Å². The van der Waals surface area contributed by atoms with Crippen LogP contribution in [-0.2, 0) is 9.53 Å². The predicted octanol–water partition coefficient (Wildman–Crippen LogP) is 0.469. The van der Waals surface area contributed by atoms with Crippen LogP contribution in [0.3, 0.4) is 0 Å². The summed E-state index contributed by atoms with van der Waals surface area (Å²) in [6, 6.07) is 6.59. The van der Waals surface area contributed by atoms with Crippen LogP contribution in [0.15, 0.2) is 24.3 Å². The molecule has 0 aliphatic carbocycles. The molecule has 1 aliphatic heterocycles. The van der Waals surface area contributed by atoms with Crippen molar-refractivity contribution < 1.29 is 19.4 Å². The number of aliphatic hydroxyl groups is 1. The van der Waals surface area contributed by atoms with Crippen molar-refractivity contribution in [2.24, 2.45) is 5.92 Å². The third kappa shape index (κ3) is 2.09. The Morgan fingerprint density at radius 3 is 2.67 bits per heavy atom. The van der Waals surface area contributed by atoms with Gasteiger partial charge in [0.15, 0.2) is 0 Å². The smallest absolute Gasteiger partial charge is 0.337 e. The second kappa shape index (κ2) is 5.18. The number of benzene rings is 1. The Hall–Kier alpha value is -1.88. The monoisotopic (exact) mass is 249 g/mol. The molecule has 18 heavy (non-hydrogen) atoms. The van der Waals surface area contributed by atoms with Crippen molar-refractivity contribution in [2.75, 3.05) is 25.2 Å². The molecule has 96 valence electrons. The van der Waals surface area contributed by atoms with E-state index in [1.807, 2.05) is 4.90 Å². The van der Waals surface area contributed by atoms with Crippen LogP contribution in [0.25, 0.3) is 0 Å². The molecule has 2 atom stereocenters. The molecule has 0 amide bonds. The van der Waals surface area contributed by atoms with Crippen LogP contribution in [-0.4, -0.2) is 43.7 Å². The van der Waals surface area contributed by atoms with Crippen molar-refractivity contribution in [3.8, 4) is 0 Å². The van der Waals surface area contributed by atoms with Crippen molar-refractivity contribution in [2.45, 2.75) is 6.04 Å². The van der Waals surface area contributed by atoms with Crippen molar-refractivity contribution >= 4 is 17.9 Å². The number of aliphatic hydroxyl groups excluding tert-OH is 1. The molecule has 2 rings (SSSR count). The Balaban J connectivity index is 2.11. The molecule has 1 heterocycles. The fourth-order valence-electron chi connectivity index (χ4n) is 2.13. The minimum Gasteiger partial charge on any atom is -0.465 e. The molecule has 0 aromatic heterocycles. The predicted molar refractivity (Wildman–Crippen MR) is 65.6 cm³/mol.